The van der Waals surface area contributed by atoms with E-state index in [0.29, 0.717) is 21.9 Å². The van der Waals surface area contributed by atoms with Gasteiger partial charge in [-0.2, -0.15) is 0 Å². The Morgan fingerprint density at radius 1 is 1.21 bits per heavy atom. The predicted octanol–water partition coefficient (Wildman–Crippen LogP) is 5.22. The molecule has 1 heterocycles. The summed E-state index contributed by atoms with van der Waals surface area (Å²) in [6, 6.07) is 10.6. The third kappa shape index (κ3) is 3.55. The molecule has 0 aliphatic carbocycles. The molecule has 0 spiro atoms. The first kappa shape index (κ1) is 17.2. The molecule has 0 saturated carbocycles. The smallest absolute Gasteiger partial charge is 0.363 e. The molecule has 0 bridgehead atoms. The molecule has 24 heavy (non-hydrogen) atoms. The molecule has 1 aliphatic heterocycles. The van der Waals surface area contributed by atoms with Gasteiger partial charge in [0, 0.05) is 20.6 Å². The van der Waals surface area contributed by atoms with Crippen LogP contribution in [0, 0.1) is 0 Å². The van der Waals surface area contributed by atoms with Crippen molar-refractivity contribution in [1.82, 2.24) is 0 Å². The number of aliphatic imine (C=N–C) groups is 1. The van der Waals surface area contributed by atoms with Crippen LogP contribution in [-0.2, 0) is 9.53 Å². The summed E-state index contributed by atoms with van der Waals surface area (Å²) in [6.07, 6.45) is 1.62. The minimum absolute atomic E-state index is 0.197. The van der Waals surface area contributed by atoms with Gasteiger partial charge in [0.05, 0.1) is 11.6 Å². The normalized spacial score (nSPS) is 15.4. The van der Waals surface area contributed by atoms with Crippen molar-refractivity contribution in [3.05, 3.63) is 67.2 Å². The average molecular weight is 472 g/mol. The second kappa shape index (κ2) is 7.09. The molecule has 0 unspecified atom stereocenters. The first-order valence-corrected chi connectivity index (χ1v) is 8.76. The van der Waals surface area contributed by atoms with Gasteiger partial charge in [0.2, 0.25) is 5.90 Å². The third-order valence-corrected chi connectivity index (χ3v) is 4.54. The Kier molecular flexibility index (Phi) is 5.08. The molecule has 0 amide bonds. The SMILES string of the molecule is COc1c(Br)cc(Br)cc1/C=C1\N=C(c2ccc(Cl)cc2)OC1=O. The number of rotatable bonds is 3. The number of benzene rings is 2. The number of esters is 1. The minimum atomic E-state index is -0.516. The van der Waals surface area contributed by atoms with Crippen LogP contribution in [0.2, 0.25) is 5.02 Å². The summed E-state index contributed by atoms with van der Waals surface area (Å²) >= 11 is 12.7. The van der Waals surface area contributed by atoms with Gasteiger partial charge in [-0.05, 0) is 58.4 Å². The van der Waals surface area contributed by atoms with Crippen LogP contribution >= 0.6 is 43.5 Å². The van der Waals surface area contributed by atoms with E-state index in [-0.39, 0.29) is 11.6 Å². The molecule has 4 nitrogen and oxygen atoms in total. The fourth-order valence-corrected chi connectivity index (χ4v) is 3.72. The summed E-state index contributed by atoms with van der Waals surface area (Å²) < 4.78 is 12.2. The Hall–Kier alpha value is -1.63. The largest absolute Gasteiger partial charge is 0.495 e. The van der Waals surface area contributed by atoms with E-state index in [0.717, 1.165) is 8.95 Å². The van der Waals surface area contributed by atoms with Crippen LogP contribution < -0.4 is 4.74 Å². The standard InChI is InChI=1S/C17H10Br2ClNO3/c1-23-15-10(6-11(18)8-13(15)19)7-14-17(22)24-16(21-14)9-2-4-12(20)5-3-9/h2-8H,1H3/b14-7-. The summed E-state index contributed by atoms with van der Waals surface area (Å²) in [4.78, 5) is 16.4. The van der Waals surface area contributed by atoms with Crippen LogP contribution in [0.25, 0.3) is 6.08 Å². The van der Waals surface area contributed by atoms with Gasteiger partial charge in [0.1, 0.15) is 5.75 Å². The van der Waals surface area contributed by atoms with E-state index < -0.39 is 5.97 Å². The molecule has 0 fully saturated rings. The molecule has 0 aromatic heterocycles. The maximum atomic E-state index is 12.1. The van der Waals surface area contributed by atoms with Crippen LogP contribution in [0.4, 0.5) is 0 Å². The number of hydrogen-bond donors (Lipinski definition) is 0. The zero-order valence-electron chi connectivity index (χ0n) is 12.3. The number of carbonyl (C=O) groups excluding carboxylic acids is 1. The quantitative estimate of drug-likeness (QED) is 0.456. The number of carbonyl (C=O) groups is 1. The van der Waals surface area contributed by atoms with Crippen molar-refractivity contribution >= 4 is 61.4 Å². The Labute approximate surface area is 160 Å². The van der Waals surface area contributed by atoms with Crippen molar-refractivity contribution in [2.75, 3.05) is 7.11 Å². The van der Waals surface area contributed by atoms with Gasteiger partial charge >= 0.3 is 5.97 Å². The van der Waals surface area contributed by atoms with E-state index in [1.807, 2.05) is 12.1 Å². The lowest BCUT2D eigenvalue weighted by Crippen LogP contribution is -2.05. The topological polar surface area (TPSA) is 47.9 Å². The highest BCUT2D eigenvalue weighted by molar-refractivity contribution is 9.11. The molecule has 0 atom stereocenters. The maximum absolute atomic E-state index is 12.1. The number of cyclic esters (lactones) is 1. The fourth-order valence-electron chi connectivity index (χ4n) is 2.18. The molecule has 0 radical (unpaired) electrons. The molecule has 3 rings (SSSR count). The van der Waals surface area contributed by atoms with E-state index in [1.165, 1.54) is 0 Å². The monoisotopic (exact) mass is 469 g/mol. The zero-order valence-corrected chi connectivity index (χ0v) is 16.3. The predicted molar refractivity (Wildman–Crippen MR) is 100 cm³/mol. The lowest BCUT2D eigenvalue weighted by Gasteiger charge is -2.08. The lowest BCUT2D eigenvalue weighted by atomic mass is 10.1. The van der Waals surface area contributed by atoms with Crippen LogP contribution in [0.15, 0.2) is 56.0 Å². The third-order valence-electron chi connectivity index (χ3n) is 3.25. The molecule has 0 N–H and O–H groups in total. The van der Waals surface area contributed by atoms with Crippen LogP contribution in [0.5, 0.6) is 5.75 Å². The van der Waals surface area contributed by atoms with Crippen molar-refractivity contribution in [2.24, 2.45) is 4.99 Å². The second-order valence-electron chi connectivity index (χ2n) is 4.85. The highest BCUT2D eigenvalue weighted by Crippen LogP contribution is 2.34. The van der Waals surface area contributed by atoms with Gasteiger partial charge in [-0.1, -0.05) is 27.5 Å². The summed E-state index contributed by atoms with van der Waals surface area (Å²) in [5.41, 5.74) is 1.58. The van der Waals surface area contributed by atoms with Gasteiger partial charge in [0.25, 0.3) is 0 Å². The molecule has 2 aromatic carbocycles. The fraction of sp³-hybridized carbons (Fsp3) is 0.0588. The number of nitrogens with zero attached hydrogens (tertiary/aromatic N) is 1. The van der Waals surface area contributed by atoms with Gasteiger partial charge in [0.15, 0.2) is 5.70 Å². The van der Waals surface area contributed by atoms with Crippen molar-refractivity contribution in [2.45, 2.75) is 0 Å². The molecular weight excluding hydrogens is 461 g/mol. The molecule has 0 saturated heterocycles. The first-order chi connectivity index (χ1) is 11.5. The number of halogens is 3. The Morgan fingerprint density at radius 2 is 1.92 bits per heavy atom. The summed E-state index contributed by atoms with van der Waals surface area (Å²) in [6.45, 7) is 0. The Bertz CT molecular complexity index is 876. The van der Waals surface area contributed by atoms with Crippen molar-refractivity contribution in [1.29, 1.82) is 0 Å². The maximum Gasteiger partial charge on any atom is 0.363 e. The second-order valence-corrected chi connectivity index (χ2v) is 7.06. The highest BCUT2D eigenvalue weighted by Gasteiger charge is 2.24. The van der Waals surface area contributed by atoms with E-state index >= 15 is 0 Å². The zero-order chi connectivity index (χ0) is 17.3. The van der Waals surface area contributed by atoms with Crippen LogP contribution in [0.1, 0.15) is 11.1 Å². The van der Waals surface area contributed by atoms with E-state index in [4.69, 9.17) is 21.1 Å². The van der Waals surface area contributed by atoms with E-state index in [1.54, 1.807) is 37.5 Å². The summed E-state index contributed by atoms with van der Waals surface area (Å²) in [5, 5.41) is 0.600. The number of hydrogen-bond acceptors (Lipinski definition) is 4. The summed E-state index contributed by atoms with van der Waals surface area (Å²) in [7, 11) is 1.56. The van der Waals surface area contributed by atoms with E-state index in [2.05, 4.69) is 36.9 Å². The average Bonchev–Trinajstić information content (AvgIpc) is 2.88. The minimum Gasteiger partial charge on any atom is -0.495 e. The van der Waals surface area contributed by atoms with Gasteiger partial charge in [-0.25, -0.2) is 9.79 Å². The van der Waals surface area contributed by atoms with E-state index in [9.17, 15) is 4.79 Å². The van der Waals surface area contributed by atoms with Crippen LogP contribution in [-0.4, -0.2) is 19.0 Å². The first-order valence-electron chi connectivity index (χ1n) is 6.79. The van der Waals surface area contributed by atoms with Gasteiger partial charge < -0.3 is 9.47 Å². The summed E-state index contributed by atoms with van der Waals surface area (Å²) in [5.74, 6) is 0.336. The molecule has 7 heteroatoms. The number of methoxy groups -OCH3 is 1. The molecule has 1 aliphatic rings. The van der Waals surface area contributed by atoms with Crippen molar-refractivity contribution in [3.63, 3.8) is 0 Å². The van der Waals surface area contributed by atoms with Crippen molar-refractivity contribution < 1.29 is 14.3 Å². The van der Waals surface area contributed by atoms with Gasteiger partial charge in [-0.15, -0.1) is 0 Å². The lowest BCUT2D eigenvalue weighted by molar-refractivity contribution is -0.129. The van der Waals surface area contributed by atoms with Crippen molar-refractivity contribution in [3.8, 4) is 5.75 Å². The molecule has 122 valence electrons. The van der Waals surface area contributed by atoms with Crippen LogP contribution in [0.3, 0.4) is 0 Å². The van der Waals surface area contributed by atoms with Gasteiger partial charge in [-0.3, -0.25) is 0 Å². The Morgan fingerprint density at radius 3 is 2.58 bits per heavy atom. The molecule has 2 aromatic rings. The number of ether oxygens (including phenoxy) is 2. The molecular formula is C17H10Br2ClNO3. The Balaban J connectivity index is 2.02. The highest BCUT2D eigenvalue weighted by atomic mass is 79.9.